The Kier molecular flexibility index (Phi) is 8.12. The molecule has 0 bridgehead atoms. The fourth-order valence-electron chi connectivity index (χ4n) is 3.02. The number of hydrogen-bond donors (Lipinski definition) is 0. The van der Waals surface area contributed by atoms with E-state index in [1.165, 1.54) is 11.1 Å². The molecule has 4 heteroatoms. The second-order valence-electron chi connectivity index (χ2n) is 6.50. The summed E-state index contributed by atoms with van der Waals surface area (Å²) in [5, 5.41) is 0. The molecular weight excluding hydrogens is 343 g/mol. The average molecular weight is 373 g/mol. The van der Waals surface area contributed by atoms with Crippen molar-refractivity contribution >= 4 is 8.25 Å². The first-order valence-electron chi connectivity index (χ1n) is 9.67. The van der Waals surface area contributed by atoms with E-state index in [-0.39, 0.29) is 0 Å². The van der Waals surface area contributed by atoms with E-state index in [0.29, 0.717) is 11.5 Å². The zero-order valence-electron chi connectivity index (χ0n) is 16.4. The van der Waals surface area contributed by atoms with E-state index in [4.69, 9.17) is 9.05 Å². The predicted octanol–water partition coefficient (Wildman–Crippen LogP) is 6.83. The molecule has 0 aliphatic heterocycles. The number of aryl methyl sites for hydroxylation is 4. The van der Waals surface area contributed by atoms with Crippen molar-refractivity contribution in [2.75, 3.05) is 0 Å². The molecule has 0 amide bonds. The molecule has 2 aromatic carbocycles. The minimum Gasteiger partial charge on any atom is -0.222 e. The van der Waals surface area contributed by atoms with Crippen LogP contribution in [0.4, 0.5) is 0 Å². The molecule has 0 heterocycles. The van der Waals surface area contributed by atoms with E-state index in [1.807, 2.05) is 12.1 Å². The van der Waals surface area contributed by atoms with Gasteiger partial charge in [-0.25, -0.2) is 9.05 Å². The van der Waals surface area contributed by atoms with Crippen molar-refractivity contribution in [1.29, 1.82) is 0 Å². The van der Waals surface area contributed by atoms with Gasteiger partial charge in [0.05, 0.1) is 0 Å². The lowest BCUT2D eigenvalue weighted by atomic mass is 10.1. The Morgan fingerprint density at radius 3 is 1.50 bits per heavy atom. The maximum Gasteiger partial charge on any atom is 0.805 e. The van der Waals surface area contributed by atoms with Crippen LogP contribution in [-0.4, -0.2) is 0 Å². The third-order valence-corrected chi connectivity index (χ3v) is 5.14. The molecule has 0 fully saturated rings. The Labute approximate surface area is 158 Å². The monoisotopic (exact) mass is 373 g/mol. The Hall–Kier alpha value is -1.86. The highest BCUT2D eigenvalue weighted by Crippen LogP contribution is 2.35. The molecule has 0 saturated heterocycles. The standard InChI is InChI=1S/C22H30O3P/c1-5-9-17-11-13-19(7-3)21(15-17)24-26(23)25-22-16-18(10-6-2)12-14-20(22)8-4/h11-16H,5-10H2,1-4H3/q+1. The van der Waals surface area contributed by atoms with Gasteiger partial charge in [-0.1, -0.05) is 64.8 Å². The molecule has 140 valence electrons. The van der Waals surface area contributed by atoms with Crippen molar-refractivity contribution in [3.8, 4) is 11.5 Å². The summed E-state index contributed by atoms with van der Waals surface area (Å²) in [6.07, 6.45) is 5.76. The van der Waals surface area contributed by atoms with E-state index in [1.54, 1.807) is 0 Å². The van der Waals surface area contributed by atoms with Gasteiger partial charge >= 0.3 is 8.25 Å². The van der Waals surface area contributed by atoms with Gasteiger partial charge in [-0.15, -0.1) is 0 Å². The van der Waals surface area contributed by atoms with Crippen LogP contribution in [0.5, 0.6) is 11.5 Å². The van der Waals surface area contributed by atoms with Crippen molar-refractivity contribution in [2.24, 2.45) is 0 Å². The van der Waals surface area contributed by atoms with Gasteiger partial charge < -0.3 is 0 Å². The van der Waals surface area contributed by atoms with Crippen molar-refractivity contribution in [1.82, 2.24) is 0 Å². The normalized spacial score (nSPS) is 10.6. The first kappa shape index (κ1) is 20.5. The Balaban J connectivity index is 2.18. The van der Waals surface area contributed by atoms with Crippen molar-refractivity contribution in [3.05, 3.63) is 58.7 Å². The van der Waals surface area contributed by atoms with Crippen molar-refractivity contribution in [3.63, 3.8) is 0 Å². The smallest absolute Gasteiger partial charge is 0.222 e. The molecule has 26 heavy (non-hydrogen) atoms. The van der Waals surface area contributed by atoms with Gasteiger partial charge in [-0.05, 0) is 48.9 Å². The SMILES string of the molecule is CCCc1ccc(CC)c(O[P+](=O)Oc2cc(CCC)ccc2CC)c1. The third kappa shape index (κ3) is 5.57. The lowest BCUT2D eigenvalue weighted by molar-refractivity contribution is 0.412. The zero-order chi connectivity index (χ0) is 18.9. The molecule has 0 N–H and O–H groups in total. The van der Waals surface area contributed by atoms with Crippen LogP contribution in [0.25, 0.3) is 0 Å². The van der Waals surface area contributed by atoms with E-state index in [9.17, 15) is 4.57 Å². The molecular formula is C22H30O3P+. The summed E-state index contributed by atoms with van der Waals surface area (Å²) in [6.45, 7) is 8.43. The highest BCUT2D eigenvalue weighted by atomic mass is 31.1. The van der Waals surface area contributed by atoms with Gasteiger partial charge in [-0.3, -0.25) is 0 Å². The molecule has 0 atom stereocenters. The van der Waals surface area contributed by atoms with Crippen LogP contribution >= 0.6 is 8.25 Å². The van der Waals surface area contributed by atoms with Gasteiger partial charge in [-0.2, -0.15) is 0 Å². The van der Waals surface area contributed by atoms with Gasteiger partial charge in [0, 0.05) is 15.7 Å². The molecule has 3 nitrogen and oxygen atoms in total. The van der Waals surface area contributed by atoms with E-state index in [0.717, 1.165) is 49.7 Å². The summed E-state index contributed by atoms with van der Waals surface area (Å²) in [4.78, 5) is 0. The average Bonchev–Trinajstić information content (AvgIpc) is 2.63. The van der Waals surface area contributed by atoms with E-state index < -0.39 is 8.25 Å². The fraction of sp³-hybridized carbons (Fsp3) is 0.455. The highest BCUT2D eigenvalue weighted by Gasteiger charge is 2.27. The topological polar surface area (TPSA) is 35.5 Å². The van der Waals surface area contributed by atoms with Crippen LogP contribution in [0.2, 0.25) is 0 Å². The van der Waals surface area contributed by atoms with Gasteiger partial charge in [0.2, 0.25) is 0 Å². The fourth-order valence-corrected chi connectivity index (χ4v) is 3.72. The second-order valence-corrected chi connectivity index (χ2v) is 7.31. The largest absolute Gasteiger partial charge is 0.805 e. The number of hydrogen-bond acceptors (Lipinski definition) is 3. The summed E-state index contributed by atoms with van der Waals surface area (Å²) in [5.41, 5.74) is 4.49. The highest BCUT2D eigenvalue weighted by molar-refractivity contribution is 7.34. The molecule has 2 aromatic rings. The van der Waals surface area contributed by atoms with Gasteiger partial charge in [0.15, 0.2) is 11.5 Å². The maximum absolute atomic E-state index is 12.6. The van der Waals surface area contributed by atoms with Crippen LogP contribution in [0.15, 0.2) is 36.4 Å². The predicted molar refractivity (Wildman–Crippen MR) is 108 cm³/mol. The zero-order valence-corrected chi connectivity index (χ0v) is 17.3. The van der Waals surface area contributed by atoms with E-state index >= 15 is 0 Å². The second kappa shape index (κ2) is 10.3. The molecule has 0 saturated carbocycles. The molecule has 0 aliphatic rings. The molecule has 0 aliphatic carbocycles. The molecule has 0 unspecified atom stereocenters. The summed E-state index contributed by atoms with van der Waals surface area (Å²) < 4.78 is 24.0. The summed E-state index contributed by atoms with van der Waals surface area (Å²) in [7, 11) is -2.27. The molecule has 2 rings (SSSR count). The first-order valence-corrected chi connectivity index (χ1v) is 10.8. The first-order chi connectivity index (χ1) is 12.6. The minimum absolute atomic E-state index is 0.669. The quantitative estimate of drug-likeness (QED) is 0.428. The Morgan fingerprint density at radius 2 is 1.15 bits per heavy atom. The van der Waals surface area contributed by atoms with Gasteiger partial charge in [0.1, 0.15) is 0 Å². The minimum atomic E-state index is -2.27. The van der Waals surface area contributed by atoms with Gasteiger partial charge in [0.25, 0.3) is 0 Å². The summed E-state index contributed by atoms with van der Waals surface area (Å²) in [5.74, 6) is 1.34. The lowest BCUT2D eigenvalue weighted by Gasteiger charge is -2.07. The lowest BCUT2D eigenvalue weighted by Crippen LogP contribution is -1.97. The van der Waals surface area contributed by atoms with Crippen molar-refractivity contribution in [2.45, 2.75) is 66.2 Å². The third-order valence-electron chi connectivity index (χ3n) is 4.45. The van der Waals surface area contributed by atoms with Crippen LogP contribution in [0, 0.1) is 0 Å². The molecule has 0 aromatic heterocycles. The van der Waals surface area contributed by atoms with Crippen LogP contribution < -0.4 is 9.05 Å². The Morgan fingerprint density at radius 1 is 0.731 bits per heavy atom. The summed E-state index contributed by atoms with van der Waals surface area (Å²) in [6, 6.07) is 12.3. The van der Waals surface area contributed by atoms with Crippen LogP contribution in [0.3, 0.4) is 0 Å². The number of benzene rings is 2. The Bertz CT molecular complexity index is 679. The van der Waals surface area contributed by atoms with Crippen molar-refractivity contribution < 1.29 is 13.6 Å². The van der Waals surface area contributed by atoms with E-state index in [2.05, 4.69) is 52.0 Å². The maximum atomic E-state index is 12.6. The number of rotatable bonds is 10. The molecule has 0 radical (unpaired) electrons. The van der Waals surface area contributed by atoms with Crippen LogP contribution in [0.1, 0.15) is 62.8 Å². The molecule has 0 spiro atoms. The summed E-state index contributed by atoms with van der Waals surface area (Å²) >= 11 is 0. The van der Waals surface area contributed by atoms with Crippen LogP contribution in [-0.2, 0) is 30.2 Å².